The van der Waals surface area contributed by atoms with Gasteiger partial charge in [-0.2, -0.15) is 10.5 Å². The van der Waals surface area contributed by atoms with Gasteiger partial charge in [0.25, 0.3) is 0 Å². The second-order valence-corrected chi connectivity index (χ2v) is 9.75. The number of nitrogens with zero attached hydrogens (tertiary/aromatic N) is 9. The quantitative estimate of drug-likeness (QED) is 0.260. The van der Waals surface area contributed by atoms with Gasteiger partial charge < -0.3 is 9.91 Å². The molecule has 36 heavy (non-hydrogen) atoms. The fraction of sp³-hybridized carbons (Fsp3) is 0.440. The van der Waals surface area contributed by atoms with Crippen LogP contribution in [-0.4, -0.2) is 75.5 Å². The molecule has 0 amide bonds. The number of carbonyl (C=O) groups excluding carboxylic acids is 1. The number of carbonyl (C=O) groups is 1. The number of aldehydes is 1. The number of thiazole rings is 1. The zero-order valence-electron chi connectivity index (χ0n) is 20.9. The predicted octanol–water partition coefficient (Wildman–Crippen LogP) is 2.74. The summed E-state index contributed by atoms with van der Waals surface area (Å²) in [7, 11) is 3.71. The summed E-state index contributed by atoms with van der Waals surface area (Å²) in [4.78, 5) is 31.3. The van der Waals surface area contributed by atoms with Crippen molar-refractivity contribution in [2.45, 2.75) is 38.8 Å². The van der Waals surface area contributed by atoms with Crippen molar-refractivity contribution < 1.29 is 4.79 Å². The van der Waals surface area contributed by atoms with Crippen LogP contribution < -0.4 is 5.01 Å². The molecule has 0 spiro atoms. The Morgan fingerprint density at radius 1 is 1.31 bits per heavy atom. The molecule has 2 atom stereocenters. The molecule has 4 heterocycles. The van der Waals surface area contributed by atoms with Crippen molar-refractivity contribution in [1.82, 2.24) is 29.4 Å². The molecular formula is C25H29N9OS. The van der Waals surface area contributed by atoms with E-state index < -0.39 is 0 Å². The zero-order valence-corrected chi connectivity index (χ0v) is 21.7. The third-order valence-corrected chi connectivity index (χ3v) is 7.33. The van der Waals surface area contributed by atoms with E-state index in [2.05, 4.69) is 45.8 Å². The van der Waals surface area contributed by atoms with Gasteiger partial charge in [0, 0.05) is 45.8 Å². The molecule has 0 bridgehead atoms. The summed E-state index contributed by atoms with van der Waals surface area (Å²) >= 11 is 1.54. The Bertz CT molecular complexity index is 1360. The van der Waals surface area contributed by atoms with Gasteiger partial charge in [-0.25, -0.2) is 19.6 Å². The Morgan fingerprint density at radius 2 is 2.11 bits per heavy atom. The van der Waals surface area contributed by atoms with E-state index in [-0.39, 0.29) is 24.1 Å². The standard InChI is InChI=1S/C25H29N9OS/c1-5-20-14-32(17(2)21-6-7-22-25(30-21)36-16-28-22)10-11-33(20)23(18(12-27)15-35)24-29-19(8-9-26)13-34(24)31(3)4/h6-7,13,15-17,20H,5,8,10-11,14H2,1-4H3/b23-18+. The molecule has 2 unspecified atom stereocenters. The van der Waals surface area contributed by atoms with Crippen LogP contribution in [0.25, 0.3) is 16.0 Å². The minimum Gasteiger partial charge on any atom is -0.362 e. The number of hydrogen-bond donors (Lipinski definition) is 0. The number of hydrogen-bond acceptors (Lipinski definition) is 10. The molecule has 186 valence electrons. The predicted molar refractivity (Wildman–Crippen MR) is 138 cm³/mol. The van der Waals surface area contributed by atoms with E-state index in [9.17, 15) is 15.3 Å². The maximum Gasteiger partial charge on any atom is 0.176 e. The number of imidazole rings is 1. The van der Waals surface area contributed by atoms with Crippen molar-refractivity contribution in [2.24, 2.45) is 0 Å². The summed E-state index contributed by atoms with van der Waals surface area (Å²) in [5, 5.41) is 20.9. The minimum atomic E-state index is 0.0319. The van der Waals surface area contributed by atoms with E-state index in [0.717, 1.165) is 35.6 Å². The van der Waals surface area contributed by atoms with Crippen LogP contribution in [0.1, 0.15) is 43.5 Å². The molecule has 0 aliphatic carbocycles. The molecule has 3 aromatic heterocycles. The van der Waals surface area contributed by atoms with E-state index in [4.69, 9.17) is 4.98 Å². The first kappa shape index (κ1) is 25.3. The van der Waals surface area contributed by atoms with Gasteiger partial charge in [0.1, 0.15) is 22.2 Å². The summed E-state index contributed by atoms with van der Waals surface area (Å²) in [6.07, 6.45) is 3.34. The highest BCUT2D eigenvalue weighted by atomic mass is 32.1. The Hall–Kier alpha value is -3.80. The van der Waals surface area contributed by atoms with E-state index in [1.165, 1.54) is 11.3 Å². The Kier molecular flexibility index (Phi) is 7.63. The van der Waals surface area contributed by atoms with Gasteiger partial charge in [0.05, 0.1) is 41.1 Å². The molecule has 0 saturated carbocycles. The Morgan fingerprint density at radius 3 is 2.78 bits per heavy atom. The fourth-order valence-corrected chi connectivity index (χ4v) is 5.32. The second-order valence-electron chi connectivity index (χ2n) is 8.91. The first-order valence-electron chi connectivity index (χ1n) is 11.8. The monoisotopic (exact) mass is 503 g/mol. The SMILES string of the molecule is CCC1CN(C(C)c2ccc3ncsc3n2)CCN1/C(=C(\C#N)C=O)c1nc(CC#N)cn1N(C)C. The molecule has 1 aliphatic rings. The number of pyridine rings is 1. The van der Waals surface area contributed by atoms with Crippen LogP contribution in [0.5, 0.6) is 0 Å². The van der Waals surface area contributed by atoms with E-state index in [1.54, 1.807) is 10.9 Å². The van der Waals surface area contributed by atoms with Crippen LogP contribution in [0, 0.1) is 22.7 Å². The van der Waals surface area contributed by atoms with E-state index in [0.29, 0.717) is 30.0 Å². The molecule has 0 N–H and O–H groups in total. The highest BCUT2D eigenvalue weighted by molar-refractivity contribution is 7.16. The average molecular weight is 504 g/mol. The lowest BCUT2D eigenvalue weighted by molar-refractivity contribution is -0.104. The van der Waals surface area contributed by atoms with Crippen LogP contribution in [0.2, 0.25) is 0 Å². The third kappa shape index (κ3) is 4.81. The summed E-state index contributed by atoms with van der Waals surface area (Å²) in [5.74, 6) is 0.492. The van der Waals surface area contributed by atoms with Gasteiger partial charge >= 0.3 is 0 Å². The van der Waals surface area contributed by atoms with E-state index >= 15 is 0 Å². The van der Waals surface area contributed by atoms with Crippen LogP contribution in [0.4, 0.5) is 0 Å². The highest BCUT2D eigenvalue weighted by Crippen LogP contribution is 2.31. The molecule has 1 saturated heterocycles. The lowest BCUT2D eigenvalue weighted by Gasteiger charge is -2.45. The highest BCUT2D eigenvalue weighted by Gasteiger charge is 2.34. The van der Waals surface area contributed by atoms with Crippen molar-refractivity contribution in [3.8, 4) is 12.1 Å². The van der Waals surface area contributed by atoms with Crippen molar-refractivity contribution in [1.29, 1.82) is 10.5 Å². The van der Waals surface area contributed by atoms with Gasteiger partial charge in [-0.3, -0.25) is 9.69 Å². The van der Waals surface area contributed by atoms with Crippen molar-refractivity contribution in [2.75, 3.05) is 38.7 Å². The number of fused-ring (bicyclic) bond motifs is 1. The van der Waals surface area contributed by atoms with Gasteiger partial charge in [-0.05, 0) is 25.5 Å². The molecule has 0 aromatic carbocycles. The van der Waals surface area contributed by atoms with Crippen LogP contribution in [-0.2, 0) is 11.2 Å². The smallest absolute Gasteiger partial charge is 0.176 e. The summed E-state index contributed by atoms with van der Waals surface area (Å²) in [6, 6.07) is 8.42. The third-order valence-electron chi connectivity index (χ3n) is 6.60. The number of nitriles is 2. The number of piperazine rings is 1. The lowest BCUT2D eigenvalue weighted by Crippen LogP contribution is -2.53. The summed E-state index contributed by atoms with van der Waals surface area (Å²) < 4.78 is 1.79. The van der Waals surface area contributed by atoms with Gasteiger partial charge in [0.15, 0.2) is 12.1 Å². The first-order chi connectivity index (χ1) is 17.4. The molecule has 10 nitrogen and oxygen atoms in total. The Labute approximate surface area is 214 Å². The normalized spacial score (nSPS) is 17.8. The van der Waals surface area contributed by atoms with Crippen molar-refractivity contribution >= 4 is 33.7 Å². The first-order valence-corrected chi connectivity index (χ1v) is 12.7. The van der Waals surface area contributed by atoms with Gasteiger partial charge in [-0.1, -0.05) is 6.92 Å². The summed E-state index contributed by atoms with van der Waals surface area (Å²) in [6.45, 7) is 6.36. The van der Waals surface area contributed by atoms with Gasteiger partial charge in [0.2, 0.25) is 0 Å². The zero-order chi connectivity index (χ0) is 25.8. The maximum absolute atomic E-state index is 12.0. The average Bonchev–Trinajstić information content (AvgIpc) is 3.53. The Balaban J connectivity index is 1.68. The van der Waals surface area contributed by atoms with Crippen molar-refractivity contribution in [3.63, 3.8) is 0 Å². The van der Waals surface area contributed by atoms with Crippen LogP contribution >= 0.6 is 11.3 Å². The molecule has 4 rings (SSSR count). The minimum absolute atomic E-state index is 0.0319. The fourth-order valence-electron chi connectivity index (χ4n) is 4.65. The molecule has 0 radical (unpaired) electrons. The topological polar surface area (TPSA) is 118 Å². The van der Waals surface area contributed by atoms with Crippen molar-refractivity contribution in [3.05, 3.63) is 46.6 Å². The molecule has 3 aromatic rings. The summed E-state index contributed by atoms with van der Waals surface area (Å²) in [5.41, 5.74) is 4.85. The molecule has 1 aliphatic heterocycles. The van der Waals surface area contributed by atoms with Crippen LogP contribution in [0.15, 0.2) is 29.4 Å². The number of rotatable bonds is 8. The lowest BCUT2D eigenvalue weighted by atomic mass is 10.0. The van der Waals surface area contributed by atoms with Gasteiger partial charge in [-0.15, -0.1) is 11.3 Å². The second kappa shape index (κ2) is 10.9. The molecular weight excluding hydrogens is 474 g/mol. The number of aromatic nitrogens is 4. The van der Waals surface area contributed by atoms with E-state index in [1.807, 2.05) is 36.7 Å². The van der Waals surface area contributed by atoms with Crippen LogP contribution in [0.3, 0.4) is 0 Å². The number of allylic oxidation sites excluding steroid dienone is 1. The molecule has 11 heteroatoms. The largest absolute Gasteiger partial charge is 0.362 e. The molecule has 1 fully saturated rings. The maximum atomic E-state index is 12.0.